The van der Waals surface area contributed by atoms with Crippen LogP contribution in [0.15, 0.2) is 42.6 Å². The third-order valence-electron chi connectivity index (χ3n) is 6.05. The van der Waals surface area contributed by atoms with Crippen LogP contribution < -0.4 is 5.46 Å². The fourth-order valence-corrected chi connectivity index (χ4v) is 2.96. The zero-order chi connectivity index (χ0) is 24.4. The van der Waals surface area contributed by atoms with Crippen molar-refractivity contribution in [1.82, 2.24) is 19.9 Å². The van der Waals surface area contributed by atoms with Gasteiger partial charge in [0.2, 0.25) is 0 Å². The van der Waals surface area contributed by atoms with E-state index in [1.165, 1.54) is 0 Å². The summed E-state index contributed by atoms with van der Waals surface area (Å²) in [5.74, 6) is 2.73. The number of rotatable bonds is 8. The number of aromatic nitrogens is 4. The van der Waals surface area contributed by atoms with E-state index in [0.717, 1.165) is 33.9 Å². The van der Waals surface area contributed by atoms with Gasteiger partial charge in [-0.3, -0.25) is 4.98 Å². The topological polar surface area (TPSA) is 81.0 Å². The minimum atomic E-state index is -0.928. The molecule has 2 aromatic heterocycles. The summed E-state index contributed by atoms with van der Waals surface area (Å²) >= 11 is 0. The first-order chi connectivity index (χ1) is 15.4. The van der Waals surface area contributed by atoms with Gasteiger partial charge in [0.05, 0.1) is 16.9 Å². The fraction of sp³-hybridized carbons (Fsp3) is 0.462. The summed E-state index contributed by atoms with van der Waals surface area (Å²) in [5, 5.41) is 10.3. The quantitative estimate of drug-likeness (QED) is 0.517. The molecule has 0 aliphatic heterocycles. The van der Waals surface area contributed by atoms with Crippen LogP contribution in [0.3, 0.4) is 0 Å². The highest BCUT2D eigenvalue weighted by atomic mass is 16.5. The lowest BCUT2D eigenvalue weighted by Gasteiger charge is -2.37. The average molecular weight is 446 g/mol. The molecular formula is C26H35BN4O2. The molecule has 7 heteroatoms. The molecule has 3 rings (SSSR count). The second kappa shape index (κ2) is 9.70. The van der Waals surface area contributed by atoms with Gasteiger partial charge in [-0.2, -0.15) is 0 Å². The van der Waals surface area contributed by atoms with E-state index in [2.05, 4.69) is 47.6 Å². The van der Waals surface area contributed by atoms with E-state index >= 15 is 0 Å². The maximum atomic E-state index is 10.3. The molecule has 0 aliphatic carbocycles. The molecule has 1 aromatic carbocycles. The summed E-state index contributed by atoms with van der Waals surface area (Å²) in [4.78, 5) is 18.6. The minimum Gasteiger partial charge on any atom is -0.427 e. The Labute approximate surface area is 198 Å². The van der Waals surface area contributed by atoms with Crippen LogP contribution in [0.5, 0.6) is 0 Å². The third kappa shape index (κ3) is 6.03. The molecule has 0 radical (unpaired) electrons. The Morgan fingerprint density at radius 2 is 1.33 bits per heavy atom. The molecule has 0 saturated carbocycles. The number of hydrogen-bond donors (Lipinski definition) is 1. The Morgan fingerprint density at radius 3 is 1.79 bits per heavy atom. The molecule has 0 unspecified atom stereocenters. The summed E-state index contributed by atoms with van der Waals surface area (Å²) in [6.45, 7) is 15.7. The largest absolute Gasteiger partial charge is 0.427 e. The highest BCUT2D eigenvalue weighted by molar-refractivity contribution is 6.47. The Hall–Kier alpha value is -2.64. The van der Waals surface area contributed by atoms with E-state index in [0.29, 0.717) is 13.3 Å². The Balaban J connectivity index is 1.77. The molecule has 0 amide bonds. The first-order valence-electron chi connectivity index (χ1n) is 11.6. The molecule has 174 valence electrons. The van der Waals surface area contributed by atoms with E-state index in [1.807, 2.05) is 56.4 Å². The molecule has 0 atom stereocenters. The molecule has 1 N–H and O–H groups in total. The van der Waals surface area contributed by atoms with E-state index < -0.39 is 11.2 Å². The van der Waals surface area contributed by atoms with Crippen molar-refractivity contribution in [3.05, 3.63) is 54.2 Å². The smallest absolute Gasteiger partial charge is 0.309 e. The van der Waals surface area contributed by atoms with Gasteiger partial charge < -0.3 is 9.76 Å². The lowest BCUT2D eigenvalue weighted by atomic mass is 9.82. The van der Waals surface area contributed by atoms with Crippen LogP contribution in [0.2, 0.25) is 0 Å². The number of benzene rings is 1. The van der Waals surface area contributed by atoms with Gasteiger partial charge in [-0.1, -0.05) is 57.4 Å². The zero-order valence-electron chi connectivity index (χ0n) is 21.0. The van der Waals surface area contributed by atoms with Gasteiger partial charge in [0.1, 0.15) is 11.6 Å². The molecule has 0 saturated heterocycles. The maximum Gasteiger partial charge on any atom is 0.309 e. The summed E-state index contributed by atoms with van der Waals surface area (Å²) in [6.07, 6.45) is 1.82. The van der Waals surface area contributed by atoms with Gasteiger partial charge in [-0.25, -0.2) is 15.0 Å². The molecule has 0 bridgehead atoms. The normalized spacial score (nSPS) is 12.5. The van der Waals surface area contributed by atoms with Crippen LogP contribution in [0.25, 0.3) is 22.6 Å². The van der Waals surface area contributed by atoms with Crippen LogP contribution in [-0.4, -0.2) is 43.7 Å². The van der Waals surface area contributed by atoms with Gasteiger partial charge in [0.15, 0.2) is 5.82 Å². The Kier molecular flexibility index (Phi) is 7.34. The maximum absolute atomic E-state index is 10.3. The highest BCUT2D eigenvalue weighted by Crippen LogP contribution is 2.25. The van der Waals surface area contributed by atoms with Crippen molar-refractivity contribution < 1.29 is 9.76 Å². The highest BCUT2D eigenvalue weighted by Gasteiger charge is 2.35. The molecule has 0 spiro atoms. The molecule has 6 nitrogen and oxygen atoms in total. The minimum absolute atomic E-state index is 0.230. The molecular weight excluding hydrogens is 411 g/mol. The van der Waals surface area contributed by atoms with Crippen LogP contribution in [0.4, 0.5) is 0 Å². The van der Waals surface area contributed by atoms with Crippen LogP contribution in [0, 0.1) is 0 Å². The number of nitrogens with zero attached hydrogens (tertiary/aromatic N) is 4. The average Bonchev–Trinajstić information content (AvgIpc) is 2.77. The zero-order valence-corrected chi connectivity index (χ0v) is 21.0. The summed E-state index contributed by atoms with van der Waals surface area (Å²) < 4.78 is 5.96. The predicted molar refractivity (Wildman–Crippen MR) is 135 cm³/mol. The second-order valence-corrected chi connectivity index (χ2v) is 10.2. The predicted octanol–water partition coefficient (Wildman–Crippen LogP) is 4.39. The Morgan fingerprint density at radius 1 is 0.788 bits per heavy atom. The lowest BCUT2D eigenvalue weighted by Crippen LogP contribution is -2.49. The SMILES string of the molecule is CC(C)c1nc(-c2ccc(-c3ccc(BOC(C)(C)C(C)(C)O)cc3)nc2)nc(C(C)C)n1. The van der Waals surface area contributed by atoms with Crippen molar-refractivity contribution in [3.8, 4) is 22.6 Å². The second-order valence-electron chi connectivity index (χ2n) is 10.2. The van der Waals surface area contributed by atoms with Gasteiger partial charge in [-0.05, 0) is 39.8 Å². The summed E-state index contributed by atoms with van der Waals surface area (Å²) in [7, 11) is 0.430. The van der Waals surface area contributed by atoms with E-state index in [-0.39, 0.29) is 11.8 Å². The van der Waals surface area contributed by atoms with Crippen molar-refractivity contribution in [2.24, 2.45) is 0 Å². The first kappa shape index (κ1) is 25.0. The van der Waals surface area contributed by atoms with E-state index in [1.54, 1.807) is 13.8 Å². The van der Waals surface area contributed by atoms with Crippen molar-refractivity contribution in [2.75, 3.05) is 0 Å². The third-order valence-corrected chi connectivity index (χ3v) is 6.05. The summed E-state index contributed by atoms with van der Waals surface area (Å²) in [6, 6.07) is 12.1. The number of aliphatic hydroxyl groups is 1. The van der Waals surface area contributed by atoms with Gasteiger partial charge in [-0.15, -0.1) is 0 Å². The van der Waals surface area contributed by atoms with Crippen LogP contribution >= 0.6 is 0 Å². The van der Waals surface area contributed by atoms with E-state index in [4.69, 9.17) is 4.65 Å². The number of pyridine rings is 1. The van der Waals surface area contributed by atoms with Crippen molar-refractivity contribution >= 4 is 12.9 Å². The molecule has 33 heavy (non-hydrogen) atoms. The van der Waals surface area contributed by atoms with Crippen LogP contribution in [0.1, 0.15) is 78.9 Å². The summed E-state index contributed by atoms with van der Waals surface area (Å²) in [5.41, 5.74) is 2.24. The molecule has 2 heterocycles. The fourth-order valence-electron chi connectivity index (χ4n) is 2.96. The Bertz CT molecular complexity index is 1050. The standard InChI is InChI=1S/C26H35BN4O2/c1-16(2)22-29-23(17(3)4)31-24(30-22)19-11-14-21(28-15-19)18-9-12-20(13-10-18)27-33-26(7,8)25(5,6)32/h9-17,27,32H,1-8H3. The monoisotopic (exact) mass is 446 g/mol. The molecule has 0 aliphatic rings. The molecule has 0 fully saturated rings. The van der Waals surface area contributed by atoms with Gasteiger partial charge in [0, 0.05) is 29.2 Å². The van der Waals surface area contributed by atoms with E-state index in [9.17, 15) is 5.11 Å². The first-order valence-corrected chi connectivity index (χ1v) is 11.6. The number of hydrogen-bond acceptors (Lipinski definition) is 6. The lowest BCUT2D eigenvalue weighted by molar-refractivity contribution is -0.0893. The van der Waals surface area contributed by atoms with Crippen molar-refractivity contribution in [3.63, 3.8) is 0 Å². The van der Waals surface area contributed by atoms with Gasteiger partial charge >= 0.3 is 7.48 Å². The van der Waals surface area contributed by atoms with Crippen molar-refractivity contribution in [2.45, 2.75) is 78.4 Å². The molecule has 3 aromatic rings. The van der Waals surface area contributed by atoms with Gasteiger partial charge in [0.25, 0.3) is 0 Å². The van der Waals surface area contributed by atoms with Crippen molar-refractivity contribution in [1.29, 1.82) is 0 Å². The van der Waals surface area contributed by atoms with Crippen LogP contribution in [-0.2, 0) is 4.65 Å².